The van der Waals surface area contributed by atoms with Crippen molar-refractivity contribution in [2.24, 2.45) is 0 Å². The maximum absolute atomic E-state index is 12.6. The van der Waals surface area contributed by atoms with Gasteiger partial charge in [-0.3, -0.25) is 9.36 Å². The average molecular weight is 499 g/mol. The van der Waals surface area contributed by atoms with Gasteiger partial charge in [-0.1, -0.05) is 53.2 Å². The van der Waals surface area contributed by atoms with Crippen LogP contribution in [0.1, 0.15) is 0 Å². The van der Waals surface area contributed by atoms with E-state index < -0.39 is 0 Å². The lowest BCUT2D eigenvalue weighted by molar-refractivity contribution is -0.113. The molecule has 0 saturated heterocycles. The van der Waals surface area contributed by atoms with Gasteiger partial charge < -0.3 is 14.8 Å². The number of aromatic nitrogens is 3. The summed E-state index contributed by atoms with van der Waals surface area (Å²) in [6.07, 6.45) is 0. The van der Waals surface area contributed by atoms with Crippen LogP contribution in [-0.4, -0.2) is 33.2 Å². The number of para-hydroxylation sites is 1. The van der Waals surface area contributed by atoms with E-state index in [0.717, 1.165) is 11.3 Å². The van der Waals surface area contributed by atoms with Crippen LogP contribution in [0.25, 0.3) is 17.1 Å². The van der Waals surface area contributed by atoms with Crippen molar-refractivity contribution in [3.05, 3.63) is 76.8 Å². The highest BCUT2D eigenvalue weighted by Gasteiger charge is 2.20. The van der Waals surface area contributed by atoms with Crippen molar-refractivity contribution in [2.75, 3.05) is 17.9 Å². The number of nitrogens with one attached hydrogen (secondary N) is 1. The van der Waals surface area contributed by atoms with Crippen LogP contribution in [0.5, 0.6) is 11.5 Å². The minimum absolute atomic E-state index is 0.106. The van der Waals surface area contributed by atoms with Crippen molar-refractivity contribution in [3.63, 3.8) is 0 Å². The van der Waals surface area contributed by atoms with Crippen LogP contribution >= 0.6 is 35.0 Å². The van der Waals surface area contributed by atoms with Crippen LogP contribution in [-0.2, 0) is 4.79 Å². The maximum Gasteiger partial charge on any atom is 0.234 e. The number of anilines is 1. The van der Waals surface area contributed by atoms with E-state index in [-0.39, 0.29) is 18.5 Å². The summed E-state index contributed by atoms with van der Waals surface area (Å²) in [5.41, 5.74) is 2.15. The summed E-state index contributed by atoms with van der Waals surface area (Å²) in [5.74, 6) is 1.84. The number of nitrogens with zero attached hydrogens (tertiary/aromatic N) is 3. The molecule has 0 atom stereocenters. The van der Waals surface area contributed by atoms with E-state index in [2.05, 4.69) is 15.5 Å². The van der Waals surface area contributed by atoms with Gasteiger partial charge in [-0.15, -0.1) is 10.2 Å². The molecule has 10 heteroatoms. The van der Waals surface area contributed by atoms with Crippen molar-refractivity contribution < 1.29 is 14.3 Å². The first kappa shape index (κ1) is 21.6. The number of benzene rings is 3. The van der Waals surface area contributed by atoms with Gasteiger partial charge in [0.25, 0.3) is 0 Å². The molecule has 3 aromatic carbocycles. The van der Waals surface area contributed by atoms with Gasteiger partial charge in [-0.05, 0) is 48.5 Å². The fourth-order valence-corrected chi connectivity index (χ4v) is 4.39. The number of ether oxygens (including phenoxy) is 2. The predicted octanol–water partition coefficient (Wildman–Crippen LogP) is 5.70. The molecule has 1 N–H and O–H groups in total. The van der Waals surface area contributed by atoms with Crippen LogP contribution in [0.3, 0.4) is 0 Å². The smallest absolute Gasteiger partial charge is 0.234 e. The highest BCUT2D eigenvalue weighted by molar-refractivity contribution is 7.99. The van der Waals surface area contributed by atoms with E-state index in [1.54, 1.807) is 18.2 Å². The van der Waals surface area contributed by atoms with Gasteiger partial charge in [-0.2, -0.15) is 0 Å². The van der Waals surface area contributed by atoms with Crippen LogP contribution in [0.4, 0.5) is 5.69 Å². The molecule has 4 aromatic rings. The molecule has 0 radical (unpaired) electrons. The molecule has 1 aliphatic heterocycles. The summed E-state index contributed by atoms with van der Waals surface area (Å²) < 4.78 is 12.8. The molecule has 0 bridgehead atoms. The highest BCUT2D eigenvalue weighted by Crippen LogP contribution is 2.37. The number of thioether (sulfide) groups is 1. The zero-order valence-electron chi connectivity index (χ0n) is 17.0. The molecule has 7 nitrogen and oxygen atoms in total. The number of rotatable bonds is 6. The fourth-order valence-electron chi connectivity index (χ4n) is 3.31. The van der Waals surface area contributed by atoms with E-state index >= 15 is 0 Å². The second kappa shape index (κ2) is 9.35. The Labute approximate surface area is 203 Å². The van der Waals surface area contributed by atoms with Crippen LogP contribution < -0.4 is 14.8 Å². The van der Waals surface area contributed by atoms with Crippen molar-refractivity contribution in [1.29, 1.82) is 0 Å². The van der Waals surface area contributed by atoms with E-state index in [0.29, 0.717) is 38.2 Å². The Hall–Kier alpha value is -3.20. The molecule has 2 heterocycles. The summed E-state index contributed by atoms with van der Waals surface area (Å²) in [6, 6.07) is 20.2. The van der Waals surface area contributed by atoms with E-state index in [9.17, 15) is 4.79 Å². The van der Waals surface area contributed by atoms with Crippen molar-refractivity contribution in [3.8, 4) is 28.6 Å². The number of hydrogen-bond acceptors (Lipinski definition) is 6. The molecular formula is C23H16Cl2N4O3S. The topological polar surface area (TPSA) is 78.3 Å². The Morgan fingerprint density at radius 3 is 2.67 bits per heavy atom. The normalized spacial score (nSPS) is 12.1. The molecule has 33 heavy (non-hydrogen) atoms. The molecular weight excluding hydrogens is 483 g/mol. The van der Waals surface area contributed by atoms with Gasteiger partial charge in [0, 0.05) is 16.3 Å². The lowest BCUT2D eigenvalue weighted by Crippen LogP contribution is -2.15. The molecule has 0 spiro atoms. The molecule has 1 aromatic heterocycles. The number of amides is 1. The Balaban J connectivity index is 1.42. The molecule has 0 aliphatic carbocycles. The van der Waals surface area contributed by atoms with Crippen molar-refractivity contribution in [2.45, 2.75) is 5.16 Å². The predicted molar refractivity (Wildman–Crippen MR) is 129 cm³/mol. The van der Waals surface area contributed by atoms with Gasteiger partial charge >= 0.3 is 0 Å². The van der Waals surface area contributed by atoms with E-state index in [4.69, 9.17) is 32.7 Å². The molecule has 0 unspecified atom stereocenters. The minimum atomic E-state index is -0.239. The number of carbonyl (C=O) groups is 1. The summed E-state index contributed by atoms with van der Waals surface area (Å²) in [7, 11) is 0. The van der Waals surface area contributed by atoms with Crippen molar-refractivity contribution >= 4 is 46.6 Å². The lowest BCUT2D eigenvalue weighted by Gasteiger charge is -2.11. The monoisotopic (exact) mass is 498 g/mol. The molecule has 166 valence electrons. The number of fused-ring (bicyclic) bond motifs is 1. The van der Waals surface area contributed by atoms with E-state index in [1.807, 2.05) is 53.1 Å². The zero-order chi connectivity index (χ0) is 22.8. The third-order valence-corrected chi connectivity index (χ3v) is 6.31. The SMILES string of the molecule is O=C(CSc1nnc(-c2ccc3c(c2)OCO3)n1-c1ccccc1)Nc1cc(Cl)ccc1Cl. The number of halogens is 2. The first-order chi connectivity index (χ1) is 16.1. The molecule has 0 fully saturated rings. The van der Waals surface area contributed by atoms with Gasteiger partial charge in [0.05, 0.1) is 16.5 Å². The van der Waals surface area contributed by atoms with Crippen LogP contribution in [0, 0.1) is 0 Å². The number of carbonyl (C=O) groups excluding carboxylic acids is 1. The van der Waals surface area contributed by atoms with Gasteiger partial charge in [0.1, 0.15) is 0 Å². The molecule has 5 rings (SSSR count). The Morgan fingerprint density at radius 2 is 1.82 bits per heavy atom. The van der Waals surface area contributed by atoms with Crippen LogP contribution in [0.15, 0.2) is 71.9 Å². The summed E-state index contributed by atoms with van der Waals surface area (Å²) in [5, 5.41) is 13.0. The van der Waals surface area contributed by atoms with Gasteiger partial charge in [0.15, 0.2) is 22.5 Å². The first-order valence-corrected chi connectivity index (χ1v) is 11.6. The Kier molecular flexibility index (Phi) is 6.13. The third kappa shape index (κ3) is 4.64. The summed E-state index contributed by atoms with van der Waals surface area (Å²) >= 11 is 13.4. The standard InChI is InChI=1S/C23H16Cl2N4O3S/c24-15-7-8-17(25)18(11-15)26-21(30)12-33-23-28-27-22(29(23)16-4-2-1-3-5-16)14-6-9-19-20(10-14)32-13-31-19/h1-11H,12-13H2,(H,26,30). The second-order valence-electron chi connectivity index (χ2n) is 7.01. The quantitative estimate of drug-likeness (QED) is 0.343. The van der Waals surface area contributed by atoms with Gasteiger partial charge in [0.2, 0.25) is 12.7 Å². The fraction of sp³-hybridized carbons (Fsp3) is 0.0870. The summed E-state index contributed by atoms with van der Waals surface area (Å²) in [6.45, 7) is 0.191. The van der Waals surface area contributed by atoms with Gasteiger partial charge in [-0.25, -0.2) is 0 Å². The number of hydrogen-bond donors (Lipinski definition) is 1. The molecule has 0 saturated carbocycles. The molecule has 1 amide bonds. The second-order valence-corrected chi connectivity index (χ2v) is 8.79. The highest BCUT2D eigenvalue weighted by atomic mass is 35.5. The minimum Gasteiger partial charge on any atom is -0.454 e. The maximum atomic E-state index is 12.6. The Bertz CT molecular complexity index is 1330. The third-order valence-electron chi connectivity index (χ3n) is 4.81. The lowest BCUT2D eigenvalue weighted by atomic mass is 10.2. The summed E-state index contributed by atoms with van der Waals surface area (Å²) in [4.78, 5) is 12.6. The Morgan fingerprint density at radius 1 is 1.00 bits per heavy atom. The first-order valence-electron chi connectivity index (χ1n) is 9.87. The largest absolute Gasteiger partial charge is 0.454 e. The zero-order valence-corrected chi connectivity index (χ0v) is 19.3. The molecule has 1 aliphatic rings. The van der Waals surface area contributed by atoms with E-state index in [1.165, 1.54) is 11.8 Å². The average Bonchev–Trinajstić information content (AvgIpc) is 3.47. The van der Waals surface area contributed by atoms with Crippen molar-refractivity contribution in [1.82, 2.24) is 14.8 Å². The van der Waals surface area contributed by atoms with Crippen LogP contribution in [0.2, 0.25) is 10.0 Å².